The first-order valence-corrected chi connectivity index (χ1v) is 4.40. The van der Waals surface area contributed by atoms with E-state index in [-0.39, 0.29) is 18.8 Å². The Labute approximate surface area is 81.6 Å². The molecule has 4 nitrogen and oxygen atoms in total. The molecule has 2 N–H and O–H groups in total. The van der Waals surface area contributed by atoms with E-state index in [2.05, 4.69) is 4.74 Å². The first-order chi connectivity index (χ1) is 6.77. The number of carbonyl (C=O) groups excluding carboxylic acids is 1. The van der Waals surface area contributed by atoms with Gasteiger partial charge in [0, 0.05) is 0 Å². The Morgan fingerprint density at radius 3 is 2.79 bits per heavy atom. The average Bonchev–Trinajstić information content (AvgIpc) is 2.95. The lowest BCUT2D eigenvalue weighted by Crippen LogP contribution is -2.16. The van der Waals surface area contributed by atoms with Crippen molar-refractivity contribution in [3.8, 4) is 0 Å². The van der Waals surface area contributed by atoms with Crippen LogP contribution in [0.2, 0.25) is 0 Å². The van der Waals surface area contributed by atoms with Gasteiger partial charge in [0.2, 0.25) is 0 Å². The molecule has 14 heavy (non-hydrogen) atoms. The zero-order valence-corrected chi connectivity index (χ0v) is 7.55. The van der Waals surface area contributed by atoms with Crippen LogP contribution in [0.5, 0.6) is 0 Å². The topological polar surface area (TPSA) is 64.9 Å². The van der Waals surface area contributed by atoms with Crippen molar-refractivity contribution in [2.24, 2.45) is 5.73 Å². The van der Waals surface area contributed by atoms with Gasteiger partial charge in [-0.05, 0) is 5.56 Å². The Kier molecular flexibility index (Phi) is 2.37. The fourth-order valence-electron chi connectivity index (χ4n) is 1.37. The maximum Gasteiger partial charge on any atom is 0.404 e. The number of primary amides is 1. The van der Waals surface area contributed by atoms with Gasteiger partial charge in [-0.25, -0.2) is 4.79 Å². The predicted molar refractivity (Wildman–Crippen MR) is 49.6 cm³/mol. The number of nitrogens with two attached hydrogens (primary N) is 1. The normalized spacial score (nSPS) is 24.3. The highest BCUT2D eigenvalue weighted by molar-refractivity contribution is 5.64. The molecule has 0 bridgehead atoms. The van der Waals surface area contributed by atoms with Crippen molar-refractivity contribution in [1.82, 2.24) is 0 Å². The molecule has 1 amide bonds. The van der Waals surface area contributed by atoms with Crippen LogP contribution < -0.4 is 5.73 Å². The van der Waals surface area contributed by atoms with E-state index in [1.807, 2.05) is 30.3 Å². The summed E-state index contributed by atoms with van der Waals surface area (Å²) in [5.41, 5.74) is 5.94. The Morgan fingerprint density at radius 2 is 2.14 bits per heavy atom. The summed E-state index contributed by atoms with van der Waals surface area (Å²) in [4.78, 5) is 10.3. The monoisotopic (exact) mass is 193 g/mol. The van der Waals surface area contributed by atoms with Gasteiger partial charge >= 0.3 is 6.09 Å². The molecule has 1 fully saturated rings. The molecular formula is C10H11NO3. The van der Waals surface area contributed by atoms with Gasteiger partial charge in [0.15, 0.2) is 0 Å². The SMILES string of the molecule is NC(=O)OC[C@@H]1O[C@@H]1c1ccccc1. The van der Waals surface area contributed by atoms with E-state index >= 15 is 0 Å². The van der Waals surface area contributed by atoms with Gasteiger partial charge in [-0.3, -0.25) is 0 Å². The van der Waals surface area contributed by atoms with Crippen LogP contribution >= 0.6 is 0 Å². The van der Waals surface area contributed by atoms with Gasteiger partial charge in [0.1, 0.15) is 18.8 Å². The highest BCUT2D eigenvalue weighted by atomic mass is 16.6. The van der Waals surface area contributed by atoms with Gasteiger partial charge in [0.25, 0.3) is 0 Å². The van der Waals surface area contributed by atoms with Gasteiger partial charge in [-0.15, -0.1) is 0 Å². The predicted octanol–water partition coefficient (Wildman–Crippen LogP) is 1.22. The summed E-state index contributed by atoms with van der Waals surface area (Å²) >= 11 is 0. The molecule has 0 unspecified atom stereocenters. The molecular weight excluding hydrogens is 182 g/mol. The quantitative estimate of drug-likeness (QED) is 0.734. The van der Waals surface area contributed by atoms with Crippen LogP contribution in [0, 0.1) is 0 Å². The molecule has 0 radical (unpaired) electrons. The van der Waals surface area contributed by atoms with E-state index in [0.29, 0.717) is 0 Å². The Balaban J connectivity index is 1.85. The van der Waals surface area contributed by atoms with Crippen molar-refractivity contribution in [2.45, 2.75) is 12.2 Å². The van der Waals surface area contributed by atoms with E-state index < -0.39 is 6.09 Å². The lowest BCUT2D eigenvalue weighted by atomic mass is 10.1. The lowest BCUT2D eigenvalue weighted by Gasteiger charge is -1.96. The summed E-state index contributed by atoms with van der Waals surface area (Å²) in [7, 11) is 0. The van der Waals surface area contributed by atoms with E-state index in [0.717, 1.165) is 5.56 Å². The standard InChI is InChI=1S/C10H11NO3/c11-10(12)13-6-8-9(14-8)7-4-2-1-3-5-7/h1-5,8-9H,6H2,(H2,11,12)/t8-,9+/m0/s1. The number of amides is 1. The molecule has 1 aliphatic heterocycles. The zero-order chi connectivity index (χ0) is 9.97. The van der Waals surface area contributed by atoms with Crippen LogP contribution in [0.15, 0.2) is 30.3 Å². The molecule has 1 saturated heterocycles. The Bertz CT molecular complexity index is 325. The molecule has 1 aliphatic rings. The van der Waals surface area contributed by atoms with Crippen molar-refractivity contribution in [3.63, 3.8) is 0 Å². The fraction of sp³-hybridized carbons (Fsp3) is 0.300. The molecule has 1 aromatic rings. The number of benzene rings is 1. The Morgan fingerprint density at radius 1 is 1.43 bits per heavy atom. The molecule has 1 aromatic carbocycles. The first kappa shape index (κ1) is 9.02. The van der Waals surface area contributed by atoms with Gasteiger partial charge in [-0.2, -0.15) is 0 Å². The van der Waals surface area contributed by atoms with Crippen LogP contribution in [0.25, 0.3) is 0 Å². The minimum Gasteiger partial charge on any atom is -0.447 e. The summed E-state index contributed by atoms with van der Waals surface area (Å²) in [6.45, 7) is 0.231. The van der Waals surface area contributed by atoms with Crippen molar-refractivity contribution >= 4 is 6.09 Å². The third kappa shape index (κ3) is 2.03. The number of epoxide rings is 1. The third-order valence-corrected chi connectivity index (χ3v) is 2.10. The van der Waals surface area contributed by atoms with Crippen LogP contribution in [-0.2, 0) is 9.47 Å². The first-order valence-electron chi connectivity index (χ1n) is 4.40. The second-order valence-corrected chi connectivity index (χ2v) is 3.14. The summed E-state index contributed by atoms with van der Waals surface area (Å²) < 4.78 is 9.95. The van der Waals surface area contributed by atoms with Crippen molar-refractivity contribution in [1.29, 1.82) is 0 Å². The maximum absolute atomic E-state index is 10.3. The zero-order valence-electron chi connectivity index (χ0n) is 7.55. The van der Waals surface area contributed by atoms with E-state index in [1.54, 1.807) is 0 Å². The fourth-order valence-corrected chi connectivity index (χ4v) is 1.37. The summed E-state index contributed by atoms with van der Waals surface area (Å²) in [5.74, 6) is 0. The highest BCUT2D eigenvalue weighted by Crippen LogP contribution is 2.38. The number of ether oxygens (including phenoxy) is 2. The number of rotatable bonds is 3. The van der Waals surface area contributed by atoms with Gasteiger partial charge in [-0.1, -0.05) is 30.3 Å². The van der Waals surface area contributed by atoms with Gasteiger partial charge < -0.3 is 15.2 Å². The smallest absolute Gasteiger partial charge is 0.404 e. The highest BCUT2D eigenvalue weighted by Gasteiger charge is 2.40. The average molecular weight is 193 g/mol. The van der Waals surface area contributed by atoms with Crippen LogP contribution in [0.1, 0.15) is 11.7 Å². The molecule has 1 heterocycles. The summed E-state index contributed by atoms with van der Waals surface area (Å²) in [6.07, 6.45) is -0.743. The maximum atomic E-state index is 10.3. The Hall–Kier alpha value is -1.55. The van der Waals surface area contributed by atoms with Crippen molar-refractivity contribution in [3.05, 3.63) is 35.9 Å². The van der Waals surface area contributed by atoms with Crippen LogP contribution in [0.3, 0.4) is 0 Å². The second kappa shape index (κ2) is 3.67. The molecule has 0 spiro atoms. The largest absolute Gasteiger partial charge is 0.447 e. The van der Waals surface area contributed by atoms with Crippen LogP contribution in [0.4, 0.5) is 4.79 Å². The third-order valence-electron chi connectivity index (χ3n) is 2.10. The molecule has 2 rings (SSSR count). The van der Waals surface area contributed by atoms with Crippen molar-refractivity contribution in [2.75, 3.05) is 6.61 Å². The number of carbonyl (C=O) groups is 1. The van der Waals surface area contributed by atoms with Gasteiger partial charge in [0.05, 0.1) is 0 Å². The number of hydrogen-bond donors (Lipinski definition) is 1. The summed E-state index contributed by atoms with van der Waals surface area (Å²) in [5, 5.41) is 0. The molecule has 0 aliphatic carbocycles. The molecule has 2 atom stereocenters. The van der Waals surface area contributed by atoms with Crippen LogP contribution in [-0.4, -0.2) is 18.8 Å². The van der Waals surface area contributed by atoms with E-state index in [4.69, 9.17) is 10.5 Å². The molecule has 4 heteroatoms. The molecule has 74 valence electrons. The lowest BCUT2D eigenvalue weighted by molar-refractivity contribution is 0.146. The molecule has 0 aromatic heterocycles. The minimum atomic E-state index is -0.757. The molecule has 0 saturated carbocycles. The van der Waals surface area contributed by atoms with E-state index in [1.165, 1.54) is 0 Å². The summed E-state index contributed by atoms with van der Waals surface area (Å²) in [6, 6.07) is 9.80. The van der Waals surface area contributed by atoms with Crippen molar-refractivity contribution < 1.29 is 14.3 Å². The van der Waals surface area contributed by atoms with E-state index in [9.17, 15) is 4.79 Å². The number of hydrogen-bond acceptors (Lipinski definition) is 3. The second-order valence-electron chi connectivity index (χ2n) is 3.14. The minimum absolute atomic E-state index is 0.0371.